The molecule has 17 heavy (non-hydrogen) atoms. The Bertz CT molecular complexity index is 261. The van der Waals surface area contributed by atoms with E-state index in [1.54, 1.807) is 11.8 Å². The van der Waals surface area contributed by atoms with Gasteiger partial charge in [-0.3, -0.25) is 9.59 Å². The van der Waals surface area contributed by atoms with Gasteiger partial charge in [-0.25, -0.2) is 0 Å². The predicted molar refractivity (Wildman–Crippen MR) is 66.3 cm³/mol. The molecule has 0 spiro atoms. The van der Waals surface area contributed by atoms with Crippen molar-refractivity contribution in [2.24, 2.45) is 11.7 Å². The summed E-state index contributed by atoms with van der Waals surface area (Å²) in [5.74, 6) is 0.162. The van der Waals surface area contributed by atoms with Gasteiger partial charge in [0, 0.05) is 32.1 Å². The molecule has 1 atom stereocenters. The van der Waals surface area contributed by atoms with Gasteiger partial charge in [0.25, 0.3) is 0 Å². The normalized spacial score (nSPS) is 19.1. The van der Waals surface area contributed by atoms with Crippen molar-refractivity contribution in [3.05, 3.63) is 0 Å². The van der Waals surface area contributed by atoms with Crippen molar-refractivity contribution < 1.29 is 9.59 Å². The Morgan fingerprint density at radius 2 is 1.41 bits per heavy atom. The largest absolute Gasteiger partial charge is 0.341 e. The van der Waals surface area contributed by atoms with Crippen molar-refractivity contribution >= 4 is 11.8 Å². The highest BCUT2D eigenvalue weighted by molar-refractivity contribution is 5.81. The van der Waals surface area contributed by atoms with Crippen LogP contribution in [0.1, 0.15) is 27.2 Å². The van der Waals surface area contributed by atoms with Crippen LogP contribution in [0.2, 0.25) is 0 Å². The average molecular weight is 241 g/mol. The van der Waals surface area contributed by atoms with Gasteiger partial charge < -0.3 is 15.5 Å². The fourth-order valence-electron chi connectivity index (χ4n) is 2.01. The van der Waals surface area contributed by atoms with Gasteiger partial charge in [0.2, 0.25) is 11.8 Å². The minimum Gasteiger partial charge on any atom is -0.341 e. The third-order valence-corrected chi connectivity index (χ3v) is 3.00. The molecule has 1 aliphatic heterocycles. The summed E-state index contributed by atoms with van der Waals surface area (Å²) in [6, 6.07) is -0.456. The molecular weight excluding hydrogens is 218 g/mol. The van der Waals surface area contributed by atoms with E-state index in [2.05, 4.69) is 0 Å². The van der Waals surface area contributed by atoms with Crippen LogP contribution in [-0.2, 0) is 9.59 Å². The zero-order chi connectivity index (χ0) is 13.0. The Labute approximate surface area is 103 Å². The van der Waals surface area contributed by atoms with Crippen molar-refractivity contribution in [1.82, 2.24) is 9.80 Å². The second-order valence-corrected chi connectivity index (χ2v) is 4.95. The Hall–Kier alpha value is -1.10. The van der Waals surface area contributed by atoms with Crippen LogP contribution in [0.3, 0.4) is 0 Å². The van der Waals surface area contributed by atoms with Gasteiger partial charge in [0.05, 0.1) is 6.04 Å². The molecule has 1 rings (SSSR count). The molecule has 0 aromatic carbocycles. The molecule has 0 aromatic heterocycles. The molecule has 1 fully saturated rings. The minimum absolute atomic E-state index is 0.0192. The van der Waals surface area contributed by atoms with E-state index in [0.717, 1.165) is 13.0 Å². The number of nitrogens with two attached hydrogens (primary N) is 1. The topological polar surface area (TPSA) is 66.6 Å². The van der Waals surface area contributed by atoms with Crippen LogP contribution in [0.5, 0.6) is 0 Å². The van der Waals surface area contributed by atoms with Gasteiger partial charge in [-0.1, -0.05) is 13.8 Å². The lowest BCUT2D eigenvalue weighted by molar-refractivity contribution is -0.135. The van der Waals surface area contributed by atoms with E-state index in [9.17, 15) is 9.59 Å². The highest BCUT2D eigenvalue weighted by Gasteiger charge is 2.24. The highest BCUT2D eigenvalue weighted by Crippen LogP contribution is 2.08. The zero-order valence-electron chi connectivity index (χ0n) is 11.0. The summed E-state index contributed by atoms with van der Waals surface area (Å²) in [5, 5.41) is 0. The van der Waals surface area contributed by atoms with E-state index in [0.29, 0.717) is 19.6 Å². The highest BCUT2D eigenvalue weighted by atomic mass is 16.2. The quantitative estimate of drug-likeness (QED) is 0.743. The Morgan fingerprint density at radius 3 is 1.82 bits per heavy atom. The zero-order valence-corrected chi connectivity index (χ0v) is 11.0. The lowest BCUT2D eigenvalue weighted by atomic mass is 10.2. The number of nitrogens with zero attached hydrogens (tertiary/aromatic N) is 2. The van der Waals surface area contributed by atoms with Gasteiger partial charge >= 0.3 is 0 Å². The molecule has 0 aromatic rings. The van der Waals surface area contributed by atoms with Gasteiger partial charge in [-0.2, -0.15) is 0 Å². The van der Waals surface area contributed by atoms with Gasteiger partial charge in [-0.05, 0) is 13.3 Å². The minimum atomic E-state index is -0.456. The van der Waals surface area contributed by atoms with Crippen LogP contribution in [0.4, 0.5) is 0 Å². The van der Waals surface area contributed by atoms with Crippen LogP contribution in [0.15, 0.2) is 0 Å². The Kier molecular flexibility index (Phi) is 4.93. The van der Waals surface area contributed by atoms with Crippen molar-refractivity contribution in [2.75, 3.05) is 26.2 Å². The van der Waals surface area contributed by atoms with Crippen molar-refractivity contribution in [1.29, 1.82) is 0 Å². The molecule has 0 radical (unpaired) electrons. The maximum atomic E-state index is 11.9. The molecule has 2 N–H and O–H groups in total. The van der Waals surface area contributed by atoms with Crippen LogP contribution in [-0.4, -0.2) is 53.8 Å². The molecule has 1 saturated heterocycles. The Morgan fingerprint density at radius 1 is 0.941 bits per heavy atom. The van der Waals surface area contributed by atoms with E-state index < -0.39 is 6.04 Å². The number of hydrogen-bond donors (Lipinski definition) is 1. The summed E-state index contributed by atoms with van der Waals surface area (Å²) >= 11 is 0. The maximum absolute atomic E-state index is 11.9. The first-order valence-corrected chi connectivity index (χ1v) is 6.26. The third kappa shape index (κ3) is 3.70. The molecule has 0 unspecified atom stereocenters. The SMILES string of the molecule is CC(C)C(=O)N1CCCN(C(=O)[C@@H](C)N)CC1. The number of carbonyl (C=O) groups excluding carboxylic acids is 2. The summed E-state index contributed by atoms with van der Waals surface area (Å²) in [5.41, 5.74) is 5.59. The van der Waals surface area contributed by atoms with Gasteiger partial charge in [-0.15, -0.1) is 0 Å². The first-order chi connectivity index (χ1) is 7.93. The molecule has 0 aliphatic carbocycles. The number of carbonyl (C=O) groups is 2. The standard InChI is InChI=1S/C12H23N3O2/c1-9(2)11(16)14-5-4-6-15(8-7-14)12(17)10(3)13/h9-10H,4-8,13H2,1-3H3/t10-/m1/s1. The van der Waals surface area contributed by atoms with Crippen LogP contribution >= 0.6 is 0 Å². The third-order valence-electron chi connectivity index (χ3n) is 3.00. The lowest BCUT2D eigenvalue weighted by Crippen LogP contribution is -2.44. The van der Waals surface area contributed by atoms with E-state index in [4.69, 9.17) is 5.73 Å². The van der Waals surface area contributed by atoms with E-state index in [1.165, 1.54) is 0 Å². The molecule has 2 amide bonds. The van der Waals surface area contributed by atoms with E-state index >= 15 is 0 Å². The molecule has 98 valence electrons. The summed E-state index contributed by atoms with van der Waals surface area (Å²) in [4.78, 5) is 27.2. The van der Waals surface area contributed by atoms with Gasteiger partial charge in [0.1, 0.15) is 0 Å². The van der Waals surface area contributed by atoms with Crippen LogP contribution in [0, 0.1) is 5.92 Å². The second kappa shape index (κ2) is 6.00. The molecule has 5 heteroatoms. The fourth-order valence-corrected chi connectivity index (χ4v) is 2.01. The van der Waals surface area contributed by atoms with E-state index in [1.807, 2.05) is 18.7 Å². The van der Waals surface area contributed by atoms with Gasteiger partial charge in [0.15, 0.2) is 0 Å². The summed E-state index contributed by atoms with van der Waals surface area (Å²) in [7, 11) is 0. The summed E-state index contributed by atoms with van der Waals surface area (Å²) < 4.78 is 0. The molecule has 0 bridgehead atoms. The van der Waals surface area contributed by atoms with Crippen molar-refractivity contribution in [2.45, 2.75) is 33.2 Å². The molecule has 1 aliphatic rings. The monoisotopic (exact) mass is 241 g/mol. The number of rotatable bonds is 2. The predicted octanol–water partition coefficient (Wildman–Crippen LogP) is 0.0505. The fraction of sp³-hybridized carbons (Fsp3) is 0.833. The first-order valence-electron chi connectivity index (χ1n) is 6.26. The summed E-state index contributed by atoms with van der Waals surface area (Å²) in [6.45, 7) is 8.15. The first kappa shape index (κ1) is 14.0. The molecule has 1 heterocycles. The number of amides is 2. The lowest BCUT2D eigenvalue weighted by Gasteiger charge is -2.24. The van der Waals surface area contributed by atoms with Crippen LogP contribution < -0.4 is 5.73 Å². The molecule has 0 saturated carbocycles. The van der Waals surface area contributed by atoms with Crippen LogP contribution in [0.25, 0.3) is 0 Å². The summed E-state index contributed by atoms with van der Waals surface area (Å²) in [6.07, 6.45) is 0.830. The average Bonchev–Trinajstić information content (AvgIpc) is 2.52. The molecule has 5 nitrogen and oxygen atoms in total. The smallest absolute Gasteiger partial charge is 0.239 e. The maximum Gasteiger partial charge on any atom is 0.239 e. The van der Waals surface area contributed by atoms with E-state index in [-0.39, 0.29) is 17.7 Å². The number of hydrogen-bond acceptors (Lipinski definition) is 3. The van der Waals surface area contributed by atoms with Crippen molar-refractivity contribution in [3.63, 3.8) is 0 Å². The van der Waals surface area contributed by atoms with Crippen molar-refractivity contribution in [3.8, 4) is 0 Å². The Balaban J connectivity index is 2.56. The second-order valence-electron chi connectivity index (χ2n) is 4.95. The molecular formula is C12H23N3O2.